The van der Waals surface area contributed by atoms with Gasteiger partial charge in [-0.15, -0.1) is 0 Å². The predicted octanol–water partition coefficient (Wildman–Crippen LogP) is 3.03. The molecule has 0 aliphatic heterocycles. The lowest BCUT2D eigenvalue weighted by atomic mass is 10.2. The van der Waals surface area contributed by atoms with Crippen LogP contribution < -0.4 is 0 Å². The smallest absolute Gasteiger partial charge is 0.338 e. The van der Waals surface area contributed by atoms with Crippen molar-refractivity contribution in [3.05, 3.63) is 35.5 Å². The lowest BCUT2D eigenvalue weighted by Crippen LogP contribution is -2.01. The Hall–Kier alpha value is -2.28. The average Bonchev–Trinajstić information content (AvgIpc) is 2.95. The third-order valence-corrected chi connectivity index (χ3v) is 4.50. The number of carboxylic acids is 1. The second-order valence-electron chi connectivity index (χ2n) is 4.66. The van der Waals surface area contributed by atoms with Crippen LogP contribution in [0.15, 0.2) is 32.7 Å². The number of fused-ring (bicyclic) bond motifs is 1. The molecule has 0 saturated carbocycles. The van der Waals surface area contributed by atoms with Gasteiger partial charge in [0.05, 0.1) is 27.8 Å². The van der Waals surface area contributed by atoms with Crippen LogP contribution in [0.1, 0.15) is 21.8 Å². The van der Waals surface area contributed by atoms with Gasteiger partial charge in [-0.2, -0.15) is 5.10 Å². The number of carbonyl (C=O) groups is 1. The summed E-state index contributed by atoms with van der Waals surface area (Å²) >= 11 is 1.36. The molecule has 0 amide bonds. The number of hydrogen-bond donors (Lipinski definition) is 1. The Balaban J connectivity index is 2.28. The number of carboxylic acid groups (broad SMARTS) is 1. The van der Waals surface area contributed by atoms with Crippen LogP contribution in [0.25, 0.3) is 11.0 Å². The molecule has 0 fully saturated rings. The molecule has 0 aliphatic carbocycles. The average molecular weight is 303 g/mol. The molecule has 21 heavy (non-hydrogen) atoms. The van der Waals surface area contributed by atoms with E-state index in [1.165, 1.54) is 18.0 Å². The standard InChI is InChI=1S/C14H13N3O3S/c1-7-11-12(21-10-4-5-20-8(10)2)9(14(18)19)6-15-13(11)17(3)16-7/h4-6H,1-3H3,(H,18,19). The van der Waals surface area contributed by atoms with Crippen molar-refractivity contribution >= 4 is 28.8 Å². The second kappa shape index (κ2) is 4.92. The summed E-state index contributed by atoms with van der Waals surface area (Å²) in [6.07, 6.45) is 2.97. The van der Waals surface area contributed by atoms with Gasteiger partial charge in [-0.25, -0.2) is 9.78 Å². The molecule has 0 aliphatic rings. The van der Waals surface area contributed by atoms with Gasteiger partial charge in [0.15, 0.2) is 5.65 Å². The van der Waals surface area contributed by atoms with E-state index in [4.69, 9.17) is 4.42 Å². The van der Waals surface area contributed by atoms with Crippen LogP contribution in [-0.2, 0) is 7.05 Å². The largest absolute Gasteiger partial charge is 0.478 e. The fourth-order valence-electron chi connectivity index (χ4n) is 2.23. The molecular weight excluding hydrogens is 290 g/mol. The molecular formula is C14H13N3O3S. The van der Waals surface area contributed by atoms with E-state index >= 15 is 0 Å². The fraction of sp³-hybridized carbons (Fsp3) is 0.214. The maximum Gasteiger partial charge on any atom is 0.338 e. The second-order valence-corrected chi connectivity index (χ2v) is 5.71. The zero-order valence-electron chi connectivity index (χ0n) is 11.7. The minimum absolute atomic E-state index is 0.171. The summed E-state index contributed by atoms with van der Waals surface area (Å²) in [5.41, 5.74) is 1.59. The molecule has 0 bridgehead atoms. The van der Waals surface area contributed by atoms with Crippen LogP contribution in [0.4, 0.5) is 0 Å². The Morgan fingerprint density at radius 2 is 2.19 bits per heavy atom. The first kappa shape index (κ1) is 13.7. The van der Waals surface area contributed by atoms with E-state index in [1.807, 2.05) is 19.9 Å². The van der Waals surface area contributed by atoms with Crippen LogP contribution in [0.3, 0.4) is 0 Å². The van der Waals surface area contributed by atoms with Gasteiger partial charge in [0.2, 0.25) is 0 Å². The van der Waals surface area contributed by atoms with E-state index in [0.29, 0.717) is 10.5 Å². The van der Waals surface area contributed by atoms with Crippen LogP contribution in [0, 0.1) is 13.8 Å². The maximum absolute atomic E-state index is 11.5. The summed E-state index contributed by atoms with van der Waals surface area (Å²) in [5.74, 6) is -0.251. The third kappa shape index (κ3) is 2.19. The highest BCUT2D eigenvalue weighted by molar-refractivity contribution is 7.99. The van der Waals surface area contributed by atoms with E-state index in [1.54, 1.807) is 18.0 Å². The number of rotatable bonds is 3. The van der Waals surface area contributed by atoms with E-state index in [2.05, 4.69) is 10.1 Å². The number of furan rings is 1. The summed E-state index contributed by atoms with van der Waals surface area (Å²) < 4.78 is 6.94. The fourth-order valence-corrected chi connectivity index (χ4v) is 3.35. The molecule has 3 aromatic rings. The minimum Gasteiger partial charge on any atom is -0.478 e. The number of nitrogens with zero attached hydrogens (tertiary/aromatic N) is 3. The van der Waals surface area contributed by atoms with E-state index in [-0.39, 0.29) is 5.56 Å². The van der Waals surface area contributed by atoms with Gasteiger partial charge in [-0.3, -0.25) is 4.68 Å². The van der Waals surface area contributed by atoms with Gasteiger partial charge >= 0.3 is 5.97 Å². The number of hydrogen-bond acceptors (Lipinski definition) is 5. The minimum atomic E-state index is -1.00. The third-order valence-electron chi connectivity index (χ3n) is 3.23. The molecule has 0 saturated heterocycles. The molecule has 0 radical (unpaired) electrons. The molecule has 6 nitrogen and oxygen atoms in total. The van der Waals surface area contributed by atoms with Gasteiger partial charge in [0.25, 0.3) is 0 Å². The maximum atomic E-state index is 11.5. The van der Waals surface area contributed by atoms with Gasteiger partial charge in [0.1, 0.15) is 5.76 Å². The van der Waals surface area contributed by atoms with Crippen LogP contribution >= 0.6 is 11.8 Å². The van der Waals surface area contributed by atoms with Crippen molar-refractivity contribution in [2.75, 3.05) is 0 Å². The SMILES string of the molecule is Cc1occc1Sc1c(C(=O)O)cnc2c1c(C)nn2C. The highest BCUT2D eigenvalue weighted by Crippen LogP contribution is 2.38. The van der Waals surface area contributed by atoms with E-state index in [9.17, 15) is 9.90 Å². The van der Waals surface area contributed by atoms with Crippen molar-refractivity contribution in [1.82, 2.24) is 14.8 Å². The summed E-state index contributed by atoms with van der Waals surface area (Å²) in [7, 11) is 1.79. The topological polar surface area (TPSA) is 81.2 Å². The first-order valence-electron chi connectivity index (χ1n) is 6.26. The van der Waals surface area contributed by atoms with Crippen molar-refractivity contribution in [3.63, 3.8) is 0 Å². The number of aryl methyl sites for hydroxylation is 3. The van der Waals surface area contributed by atoms with Gasteiger partial charge in [-0.1, -0.05) is 11.8 Å². The van der Waals surface area contributed by atoms with Crippen LogP contribution in [0.2, 0.25) is 0 Å². The van der Waals surface area contributed by atoms with Crippen LogP contribution in [0.5, 0.6) is 0 Å². The van der Waals surface area contributed by atoms with Gasteiger partial charge < -0.3 is 9.52 Å². The molecule has 0 unspecified atom stereocenters. The lowest BCUT2D eigenvalue weighted by molar-refractivity contribution is 0.0693. The number of aromatic carboxylic acids is 1. The summed E-state index contributed by atoms with van der Waals surface area (Å²) in [6, 6.07) is 1.82. The molecule has 3 aromatic heterocycles. The molecule has 0 atom stereocenters. The Morgan fingerprint density at radius 3 is 2.81 bits per heavy atom. The van der Waals surface area contributed by atoms with Crippen molar-refractivity contribution < 1.29 is 14.3 Å². The van der Waals surface area contributed by atoms with E-state index in [0.717, 1.165) is 21.7 Å². The lowest BCUT2D eigenvalue weighted by Gasteiger charge is -2.07. The zero-order valence-corrected chi connectivity index (χ0v) is 12.6. The Morgan fingerprint density at radius 1 is 1.43 bits per heavy atom. The quantitative estimate of drug-likeness (QED) is 0.801. The molecule has 3 heterocycles. The first-order chi connectivity index (χ1) is 9.99. The Bertz CT molecular complexity index is 851. The van der Waals surface area contributed by atoms with Crippen molar-refractivity contribution in [2.24, 2.45) is 7.05 Å². The Labute approximate surface area is 124 Å². The summed E-state index contributed by atoms with van der Waals surface area (Å²) in [5, 5.41) is 14.5. The van der Waals surface area contributed by atoms with Crippen molar-refractivity contribution in [3.8, 4) is 0 Å². The van der Waals surface area contributed by atoms with Crippen molar-refractivity contribution in [1.29, 1.82) is 0 Å². The Kier molecular flexibility index (Phi) is 3.21. The van der Waals surface area contributed by atoms with E-state index < -0.39 is 5.97 Å². The molecule has 1 N–H and O–H groups in total. The highest BCUT2D eigenvalue weighted by Gasteiger charge is 2.21. The molecule has 108 valence electrons. The zero-order chi connectivity index (χ0) is 15.1. The van der Waals surface area contributed by atoms with Crippen molar-refractivity contribution in [2.45, 2.75) is 23.6 Å². The summed E-state index contributed by atoms with van der Waals surface area (Å²) in [4.78, 5) is 17.2. The van der Waals surface area contributed by atoms with Gasteiger partial charge in [0, 0.05) is 18.1 Å². The molecule has 7 heteroatoms. The first-order valence-corrected chi connectivity index (χ1v) is 7.08. The summed E-state index contributed by atoms with van der Waals surface area (Å²) in [6.45, 7) is 3.69. The molecule has 3 rings (SSSR count). The number of aromatic nitrogens is 3. The molecule has 0 aromatic carbocycles. The normalized spacial score (nSPS) is 11.2. The highest BCUT2D eigenvalue weighted by atomic mass is 32.2. The molecule has 0 spiro atoms. The number of pyridine rings is 1. The van der Waals surface area contributed by atoms with Crippen LogP contribution in [-0.4, -0.2) is 25.8 Å². The van der Waals surface area contributed by atoms with Gasteiger partial charge in [-0.05, 0) is 19.9 Å². The predicted molar refractivity (Wildman–Crippen MR) is 77.8 cm³/mol. The monoisotopic (exact) mass is 303 g/mol.